The van der Waals surface area contributed by atoms with Crippen molar-refractivity contribution in [2.75, 3.05) is 0 Å². The Kier molecular flexibility index (Phi) is 4.02. The Balaban J connectivity index is 2.09. The summed E-state index contributed by atoms with van der Waals surface area (Å²) < 4.78 is 1.81. The van der Waals surface area contributed by atoms with Gasteiger partial charge in [0.25, 0.3) is 0 Å². The molecule has 2 rings (SSSR count). The van der Waals surface area contributed by atoms with Gasteiger partial charge in [0.05, 0.1) is 22.0 Å². The molecule has 0 aliphatic heterocycles. The lowest BCUT2D eigenvalue weighted by atomic mass is 9.76. The van der Waals surface area contributed by atoms with Crippen LogP contribution in [-0.4, -0.2) is 20.5 Å². The van der Waals surface area contributed by atoms with E-state index in [0.29, 0.717) is 11.4 Å². The summed E-state index contributed by atoms with van der Waals surface area (Å²) in [5.41, 5.74) is 1.22. The largest absolute Gasteiger partial charge is 0.389 e. The van der Waals surface area contributed by atoms with E-state index in [1.165, 1.54) is 6.42 Å². The lowest BCUT2D eigenvalue weighted by Gasteiger charge is -2.35. The van der Waals surface area contributed by atoms with E-state index < -0.39 is 5.60 Å². The quantitative estimate of drug-likeness (QED) is 0.916. The van der Waals surface area contributed by atoms with E-state index in [1.807, 2.05) is 18.7 Å². The van der Waals surface area contributed by atoms with Gasteiger partial charge in [-0.2, -0.15) is 5.10 Å². The molecule has 0 bridgehead atoms. The molecule has 1 heterocycles. The Hall–Kier alpha value is -0.540. The maximum Gasteiger partial charge on any atom is 0.0848 e. The molecule has 0 atom stereocenters. The number of rotatable bonds is 3. The fourth-order valence-electron chi connectivity index (χ4n) is 2.98. The molecule has 4 heteroatoms. The van der Waals surface area contributed by atoms with Crippen LogP contribution in [0.25, 0.3) is 0 Å². The minimum atomic E-state index is -0.588. The predicted octanol–water partition coefficient (Wildman–Crippen LogP) is 3.26. The summed E-state index contributed by atoms with van der Waals surface area (Å²) in [5, 5.41) is 15.7. The molecule has 0 radical (unpaired) electrons. The summed E-state index contributed by atoms with van der Waals surface area (Å²) in [4.78, 5) is 0. The average Bonchev–Trinajstić information content (AvgIpc) is 2.57. The van der Waals surface area contributed by atoms with Crippen molar-refractivity contribution in [1.82, 2.24) is 9.78 Å². The van der Waals surface area contributed by atoms with E-state index >= 15 is 0 Å². The molecule has 0 saturated heterocycles. The normalized spacial score (nSPS) is 28.6. The van der Waals surface area contributed by atoms with Gasteiger partial charge in [-0.15, -0.1) is 0 Å². The van der Waals surface area contributed by atoms with Crippen LogP contribution in [0.1, 0.15) is 50.4 Å². The molecule has 18 heavy (non-hydrogen) atoms. The third-order valence-corrected chi connectivity index (χ3v) is 4.86. The van der Waals surface area contributed by atoms with Crippen LogP contribution in [0, 0.1) is 12.8 Å². The number of hydrogen-bond donors (Lipinski definition) is 1. The monoisotopic (exact) mass is 270 g/mol. The summed E-state index contributed by atoms with van der Waals surface area (Å²) in [7, 11) is 1.90. The minimum absolute atomic E-state index is 0.588. The zero-order valence-corrected chi connectivity index (χ0v) is 12.3. The fourth-order valence-corrected chi connectivity index (χ4v) is 3.21. The van der Waals surface area contributed by atoms with Gasteiger partial charge < -0.3 is 5.11 Å². The van der Waals surface area contributed by atoms with Crippen LogP contribution in [0.3, 0.4) is 0 Å². The van der Waals surface area contributed by atoms with Crippen molar-refractivity contribution in [3.63, 3.8) is 0 Å². The molecule has 0 aromatic carbocycles. The Bertz CT molecular complexity index is 420. The van der Waals surface area contributed by atoms with Crippen molar-refractivity contribution >= 4 is 11.6 Å². The van der Waals surface area contributed by atoms with Crippen molar-refractivity contribution in [3.8, 4) is 0 Å². The molecule has 0 spiro atoms. The van der Waals surface area contributed by atoms with Gasteiger partial charge in [0.1, 0.15) is 0 Å². The zero-order valence-electron chi connectivity index (χ0n) is 11.5. The predicted molar refractivity (Wildman–Crippen MR) is 73.9 cm³/mol. The average molecular weight is 271 g/mol. The van der Waals surface area contributed by atoms with Gasteiger partial charge in [0, 0.05) is 13.5 Å². The number of aryl methyl sites for hydroxylation is 2. The lowest BCUT2D eigenvalue weighted by molar-refractivity contribution is -0.0106. The third kappa shape index (κ3) is 2.72. The Labute approximate surface area is 114 Å². The Morgan fingerprint density at radius 2 is 2.06 bits per heavy atom. The maximum atomic E-state index is 10.7. The maximum absolute atomic E-state index is 10.7. The zero-order chi connectivity index (χ0) is 13.3. The highest BCUT2D eigenvalue weighted by molar-refractivity contribution is 6.31. The second-order valence-electron chi connectivity index (χ2n) is 5.72. The number of nitrogens with zero attached hydrogens (tertiary/aromatic N) is 2. The third-order valence-electron chi connectivity index (χ3n) is 4.37. The lowest BCUT2D eigenvalue weighted by Crippen LogP contribution is -2.36. The first-order valence-corrected chi connectivity index (χ1v) is 7.23. The van der Waals surface area contributed by atoms with Crippen LogP contribution in [0.5, 0.6) is 0 Å². The smallest absolute Gasteiger partial charge is 0.0848 e. The van der Waals surface area contributed by atoms with Crippen LogP contribution < -0.4 is 0 Å². The standard InChI is InChI=1S/C14H23ClN2O/c1-4-11-5-7-14(18,8-6-11)9-12-13(15)10(2)16-17(12)3/h11,18H,4-9H2,1-3H3. The van der Waals surface area contributed by atoms with Crippen LogP contribution in [0.2, 0.25) is 5.02 Å². The van der Waals surface area contributed by atoms with Gasteiger partial charge in [0.2, 0.25) is 0 Å². The minimum Gasteiger partial charge on any atom is -0.389 e. The van der Waals surface area contributed by atoms with Crippen LogP contribution in [0.4, 0.5) is 0 Å². The number of aromatic nitrogens is 2. The molecular formula is C14H23ClN2O. The van der Waals surface area contributed by atoms with Gasteiger partial charge in [-0.3, -0.25) is 4.68 Å². The van der Waals surface area contributed by atoms with Crippen LogP contribution in [-0.2, 0) is 13.5 Å². The summed E-state index contributed by atoms with van der Waals surface area (Å²) >= 11 is 6.26. The van der Waals surface area contributed by atoms with Gasteiger partial charge in [0.15, 0.2) is 0 Å². The van der Waals surface area contributed by atoms with E-state index in [2.05, 4.69) is 12.0 Å². The first-order valence-electron chi connectivity index (χ1n) is 6.85. The van der Waals surface area contributed by atoms with E-state index in [4.69, 9.17) is 11.6 Å². The highest BCUT2D eigenvalue weighted by Crippen LogP contribution is 2.37. The molecular weight excluding hydrogens is 248 g/mol. The van der Waals surface area contributed by atoms with Crippen molar-refractivity contribution in [2.24, 2.45) is 13.0 Å². The van der Waals surface area contributed by atoms with E-state index in [1.54, 1.807) is 0 Å². The van der Waals surface area contributed by atoms with Gasteiger partial charge in [-0.25, -0.2) is 0 Å². The molecule has 102 valence electrons. The molecule has 1 aliphatic carbocycles. The summed E-state index contributed by atoms with van der Waals surface area (Å²) in [5.74, 6) is 0.786. The van der Waals surface area contributed by atoms with Crippen molar-refractivity contribution < 1.29 is 5.11 Å². The second kappa shape index (κ2) is 5.22. The van der Waals surface area contributed by atoms with E-state index in [-0.39, 0.29) is 0 Å². The molecule has 1 aromatic heterocycles. The van der Waals surface area contributed by atoms with E-state index in [0.717, 1.165) is 43.0 Å². The van der Waals surface area contributed by atoms with Crippen molar-refractivity contribution in [2.45, 2.75) is 58.0 Å². The fraction of sp³-hybridized carbons (Fsp3) is 0.786. The first kappa shape index (κ1) is 13.9. The summed E-state index contributed by atoms with van der Waals surface area (Å²) in [6.45, 7) is 4.14. The molecule has 1 aliphatic rings. The molecule has 0 unspecified atom stereocenters. The Morgan fingerprint density at radius 1 is 1.44 bits per heavy atom. The molecule has 1 saturated carbocycles. The number of hydrogen-bond acceptors (Lipinski definition) is 2. The van der Waals surface area contributed by atoms with Crippen LogP contribution in [0.15, 0.2) is 0 Å². The van der Waals surface area contributed by atoms with Gasteiger partial charge in [-0.1, -0.05) is 24.9 Å². The Morgan fingerprint density at radius 3 is 2.50 bits per heavy atom. The van der Waals surface area contributed by atoms with E-state index in [9.17, 15) is 5.11 Å². The molecule has 3 nitrogen and oxygen atoms in total. The molecule has 1 N–H and O–H groups in total. The number of aliphatic hydroxyl groups is 1. The topological polar surface area (TPSA) is 38.1 Å². The van der Waals surface area contributed by atoms with Gasteiger partial charge in [-0.05, 0) is 38.5 Å². The highest BCUT2D eigenvalue weighted by atomic mass is 35.5. The molecule has 1 fully saturated rings. The van der Waals surface area contributed by atoms with Gasteiger partial charge >= 0.3 is 0 Å². The first-order chi connectivity index (χ1) is 8.45. The van der Waals surface area contributed by atoms with Crippen molar-refractivity contribution in [3.05, 3.63) is 16.4 Å². The number of halogens is 1. The summed E-state index contributed by atoms with van der Waals surface area (Å²) in [6, 6.07) is 0. The highest BCUT2D eigenvalue weighted by Gasteiger charge is 2.34. The summed E-state index contributed by atoms with van der Waals surface area (Å²) in [6.07, 6.45) is 5.86. The van der Waals surface area contributed by atoms with Crippen LogP contribution >= 0.6 is 11.6 Å². The second-order valence-corrected chi connectivity index (χ2v) is 6.10. The SMILES string of the molecule is CCC1CCC(O)(Cc2c(Cl)c(C)nn2C)CC1. The van der Waals surface area contributed by atoms with Crippen molar-refractivity contribution in [1.29, 1.82) is 0 Å². The molecule has 0 amide bonds. The molecule has 1 aromatic rings.